The molecule has 0 radical (unpaired) electrons. The maximum absolute atomic E-state index is 16.0. The zero-order valence-electron chi connectivity index (χ0n) is 23.5. The van der Waals surface area contributed by atoms with Crippen molar-refractivity contribution in [3.63, 3.8) is 0 Å². The number of anilines is 1. The summed E-state index contributed by atoms with van der Waals surface area (Å²) in [6, 6.07) is -1.07. The van der Waals surface area contributed by atoms with E-state index in [4.69, 9.17) is 0 Å². The van der Waals surface area contributed by atoms with Crippen LogP contribution in [-0.2, 0) is 22.6 Å². The van der Waals surface area contributed by atoms with Crippen molar-refractivity contribution in [3.8, 4) is 5.75 Å². The Bertz CT molecular complexity index is 1350. The fraction of sp³-hybridized carbons (Fsp3) is 0.536. The predicted octanol–water partition coefficient (Wildman–Crippen LogP) is 1.31. The number of hydrogen-bond acceptors (Lipinski definition) is 10. The van der Waals surface area contributed by atoms with E-state index in [9.17, 15) is 34.8 Å². The number of aliphatic hydroxyl groups is 3. The summed E-state index contributed by atoms with van der Waals surface area (Å²) in [6.45, 7) is 4.68. The van der Waals surface area contributed by atoms with E-state index in [0.717, 1.165) is 0 Å². The smallest absolute Gasteiger partial charge is 0.258 e. The van der Waals surface area contributed by atoms with E-state index in [1.165, 1.54) is 19.0 Å². The number of allylic oxidation sites excluding steroid dienone is 1. The van der Waals surface area contributed by atoms with Crippen molar-refractivity contribution < 1.29 is 39.2 Å². The Morgan fingerprint density at radius 3 is 2.38 bits per heavy atom. The summed E-state index contributed by atoms with van der Waals surface area (Å²) in [5.74, 6) is -7.51. The van der Waals surface area contributed by atoms with Crippen LogP contribution in [0.2, 0.25) is 0 Å². The minimum atomic E-state index is -2.71. The number of phenols is 1. The number of aliphatic hydroxyl groups excluding tert-OH is 2. The minimum Gasteiger partial charge on any atom is -0.510 e. The summed E-state index contributed by atoms with van der Waals surface area (Å²) in [7, 11) is 5.87. The molecule has 3 aliphatic carbocycles. The van der Waals surface area contributed by atoms with Gasteiger partial charge in [-0.2, -0.15) is 0 Å². The van der Waals surface area contributed by atoms with Crippen molar-refractivity contribution in [2.24, 2.45) is 17.8 Å². The average molecular weight is 561 g/mol. The monoisotopic (exact) mass is 560 g/mol. The minimum absolute atomic E-state index is 0.0166. The molecule has 1 aromatic carbocycles. The van der Waals surface area contributed by atoms with Gasteiger partial charge in [0.1, 0.15) is 22.9 Å². The third-order valence-corrected chi connectivity index (χ3v) is 8.23. The molecule has 218 valence electrons. The number of ketones is 2. The summed E-state index contributed by atoms with van der Waals surface area (Å²) in [5.41, 5.74) is -3.95. The molecule has 0 unspecified atom stereocenters. The summed E-state index contributed by atoms with van der Waals surface area (Å²) < 4.78 is 16.0. The van der Waals surface area contributed by atoms with Crippen LogP contribution in [0.1, 0.15) is 41.8 Å². The van der Waals surface area contributed by atoms with Crippen molar-refractivity contribution >= 4 is 23.2 Å². The fourth-order valence-electron chi connectivity index (χ4n) is 6.43. The number of Topliss-reactive ketones (excluding diaryl/α,β-unsaturated/α-hetero) is 2. The zero-order valence-corrected chi connectivity index (χ0v) is 23.5. The van der Waals surface area contributed by atoms with Crippen molar-refractivity contribution in [2.75, 3.05) is 40.1 Å². The first-order chi connectivity index (χ1) is 18.7. The largest absolute Gasteiger partial charge is 0.510 e. The summed E-state index contributed by atoms with van der Waals surface area (Å²) in [6.07, 6.45) is -0.190. The Hall–Kier alpha value is -3.48. The summed E-state index contributed by atoms with van der Waals surface area (Å²) in [4.78, 5) is 41.4. The average Bonchev–Trinajstić information content (AvgIpc) is 2.88. The lowest BCUT2D eigenvalue weighted by molar-refractivity contribution is -0.148. The lowest BCUT2D eigenvalue weighted by atomic mass is 9.58. The Kier molecular flexibility index (Phi) is 7.74. The number of amides is 1. The number of likely N-dealkylation sites (N-methyl/N-ethyl adjacent to an activating group) is 2. The van der Waals surface area contributed by atoms with Gasteiger partial charge in [-0.15, -0.1) is 0 Å². The molecule has 1 aromatic rings. The maximum Gasteiger partial charge on any atom is 0.258 e. The van der Waals surface area contributed by atoms with Crippen LogP contribution in [-0.4, -0.2) is 89.2 Å². The van der Waals surface area contributed by atoms with Gasteiger partial charge >= 0.3 is 0 Å². The van der Waals surface area contributed by atoms with Crippen LogP contribution in [0.25, 0.3) is 0 Å². The van der Waals surface area contributed by atoms with E-state index in [0.29, 0.717) is 12.5 Å². The number of nitrogens with one attached hydrogen (secondary N) is 3. The van der Waals surface area contributed by atoms with E-state index in [1.807, 2.05) is 13.8 Å². The molecular formula is C28H37FN4O7. The van der Waals surface area contributed by atoms with Crippen molar-refractivity contribution in [1.29, 1.82) is 0 Å². The van der Waals surface area contributed by atoms with Crippen molar-refractivity contribution in [1.82, 2.24) is 15.5 Å². The molecule has 7 N–H and O–H groups in total. The van der Waals surface area contributed by atoms with Crippen LogP contribution >= 0.6 is 0 Å². The first-order valence-corrected chi connectivity index (χ1v) is 13.2. The van der Waals surface area contributed by atoms with E-state index < -0.39 is 69.6 Å². The summed E-state index contributed by atoms with van der Waals surface area (Å²) >= 11 is 0. The van der Waals surface area contributed by atoms with Crippen LogP contribution in [0.5, 0.6) is 5.75 Å². The Labute approximate surface area is 231 Å². The van der Waals surface area contributed by atoms with Crippen LogP contribution in [0.15, 0.2) is 22.7 Å². The van der Waals surface area contributed by atoms with Crippen LogP contribution < -0.4 is 16.0 Å². The number of carbonyl (C=O) groups excluding carboxylic acids is 3. The van der Waals surface area contributed by atoms with E-state index in [1.54, 1.807) is 14.1 Å². The number of hydrogen-bond donors (Lipinski definition) is 7. The number of fused-ring (bicyclic) bond motifs is 3. The molecule has 1 amide bonds. The number of carbonyl (C=O) groups is 3. The molecule has 4 atom stereocenters. The van der Waals surface area contributed by atoms with Gasteiger partial charge in [-0.1, -0.05) is 13.8 Å². The molecule has 0 saturated carbocycles. The van der Waals surface area contributed by atoms with E-state index in [-0.39, 0.29) is 47.3 Å². The number of nitrogens with zero attached hydrogens (tertiary/aromatic N) is 1. The normalized spacial score (nSPS) is 26.2. The van der Waals surface area contributed by atoms with Crippen LogP contribution in [0.3, 0.4) is 0 Å². The first-order valence-electron chi connectivity index (χ1n) is 13.2. The number of rotatable bonds is 7. The lowest BCUT2D eigenvalue weighted by Crippen LogP contribution is -2.64. The Balaban J connectivity index is 1.91. The molecule has 0 aromatic heterocycles. The molecule has 0 spiro atoms. The highest BCUT2D eigenvalue weighted by Crippen LogP contribution is 2.53. The van der Waals surface area contributed by atoms with Gasteiger partial charge in [0.25, 0.3) is 5.91 Å². The second-order valence-electron chi connectivity index (χ2n) is 11.3. The number of phenolic OH excluding ortho intramolecular Hbond substituents is 1. The molecule has 3 aliphatic rings. The van der Waals surface area contributed by atoms with E-state index >= 15 is 4.39 Å². The van der Waals surface area contributed by atoms with Gasteiger partial charge in [0.05, 0.1) is 17.3 Å². The standard InChI is InChI=1S/C28H37FN4O7/c1-11(2)9-32-10-14-19(29)13-7-12-8-15-21(33(5)6)24(36)18(27(39)31-4)26(38)28(15,40)25(37)16(12)22(34)17(13)23(35)20(14)30-3/h11-12,15,21,30,32,35-37,40H,7-10H2,1-6H3,(H,31,39)/t12-,15-,21-,28-/m0/s1. The van der Waals surface area contributed by atoms with E-state index in [2.05, 4.69) is 16.0 Å². The number of halogens is 1. The topological polar surface area (TPSA) is 171 Å². The van der Waals surface area contributed by atoms with Gasteiger partial charge in [0.2, 0.25) is 5.78 Å². The second kappa shape index (κ2) is 10.5. The molecule has 0 aliphatic heterocycles. The maximum atomic E-state index is 16.0. The Morgan fingerprint density at radius 1 is 1.18 bits per heavy atom. The molecule has 12 heteroatoms. The van der Waals surface area contributed by atoms with Gasteiger partial charge < -0.3 is 36.4 Å². The van der Waals surface area contributed by atoms with Gasteiger partial charge in [-0.25, -0.2) is 4.39 Å². The van der Waals surface area contributed by atoms with Gasteiger partial charge in [0.15, 0.2) is 17.1 Å². The highest BCUT2D eigenvalue weighted by molar-refractivity contribution is 6.25. The first kappa shape index (κ1) is 29.5. The zero-order chi connectivity index (χ0) is 29.8. The molecule has 11 nitrogen and oxygen atoms in total. The van der Waals surface area contributed by atoms with Crippen LogP contribution in [0.4, 0.5) is 10.1 Å². The third-order valence-electron chi connectivity index (χ3n) is 8.23. The quantitative estimate of drug-likeness (QED) is 0.190. The third kappa shape index (κ3) is 4.16. The van der Waals surface area contributed by atoms with Crippen molar-refractivity contribution in [3.05, 3.63) is 45.2 Å². The SMILES string of the molecule is CNC(=O)C1=C(O)[C@@H](N(C)C)[C@@H]2C[C@@H]3Cc4c(F)c(CNCC(C)C)c(NC)c(O)c4C(=O)C3=C(O)[C@]2(O)C1=O. The van der Waals surface area contributed by atoms with Gasteiger partial charge in [-0.05, 0) is 45.3 Å². The highest BCUT2D eigenvalue weighted by Gasteiger charge is 2.63. The van der Waals surface area contributed by atoms with Crippen LogP contribution in [0, 0.1) is 23.6 Å². The molecular weight excluding hydrogens is 523 g/mol. The summed E-state index contributed by atoms with van der Waals surface area (Å²) in [5, 5.41) is 53.5. The number of aromatic hydroxyl groups is 1. The van der Waals surface area contributed by atoms with Gasteiger partial charge in [0, 0.05) is 43.3 Å². The second-order valence-corrected chi connectivity index (χ2v) is 11.3. The molecule has 0 bridgehead atoms. The molecule has 0 fully saturated rings. The molecule has 40 heavy (non-hydrogen) atoms. The predicted molar refractivity (Wildman–Crippen MR) is 145 cm³/mol. The lowest BCUT2D eigenvalue weighted by Gasteiger charge is -2.50. The molecule has 0 heterocycles. The fourth-order valence-corrected chi connectivity index (χ4v) is 6.43. The number of benzene rings is 1. The van der Waals surface area contributed by atoms with Gasteiger partial charge in [-0.3, -0.25) is 19.3 Å². The van der Waals surface area contributed by atoms with Crippen molar-refractivity contribution in [2.45, 2.75) is 44.9 Å². The molecule has 0 saturated heterocycles. The molecule has 4 rings (SSSR count). The highest BCUT2D eigenvalue weighted by atomic mass is 19.1. The Morgan fingerprint density at radius 2 is 1.82 bits per heavy atom.